The van der Waals surface area contributed by atoms with E-state index in [1.165, 1.54) is 36.9 Å². The molecular formula is C14H22N2. The summed E-state index contributed by atoms with van der Waals surface area (Å²) >= 11 is 0. The highest BCUT2D eigenvalue weighted by Gasteiger charge is 2.02. The largest absolute Gasteiger partial charge is 0.159 e. The van der Waals surface area contributed by atoms with Crippen molar-refractivity contribution >= 4 is 0 Å². The van der Waals surface area contributed by atoms with Crippen LogP contribution in [0.5, 0.6) is 0 Å². The second-order valence-corrected chi connectivity index (χ2v) is 4.14. The molecule has 1 rings (SSSR count). The van der Waals surface area contributed by atoms with Crippen LogP contribution in [0.1, 0.15) is 50.3 Å². The van der Waals surface area contributed by atoms with Crippen LogP contribution in [0.4, 0.5) is 0 Å². The van der Waals surface area contributed by atoms with Crippen LogP contribution in [0.25, 0.3) is 0 Å². The van der Waals surface area contributed by atoms with Crippen molar-refractivity contribution in [2.75, 3.05) is 0 Å². The Balaban J connectivity index is 2.37. The summed E-state index contributed by atoms with van der Waals surface area (Å²) in [7, 11) is 0. The lowest BCUT2D eigenvalue weighted by Gasteiger charge is -2.05. The Hall–Kier alpha value is -1.18. The molecule has 0 unspecified atom stereocenters. The summed E-state index contributed by atoms with van der Waals surface area (Å²) in [6, 6.07) is 2.11. The Labute approximate surface area is 98.8 Å². The van der Waals surface area contributed by atoms with Crippen LogP contribution in [-0.2, 0) is 12.8 Å². The van der Waals surface area contributed by atoms with Gasteiger partial charge in [0.05, 0.1) is 5.69 Å². The van der Waals surface area contributed by atoms with Gasteiger partial charge in [0.1, 0.15) is 0 Å². The van der Waals surface area contributed by atoms with Crippen LogP contribution < -0.4 is 0 Å². The molecule has 2 heteroatoms. The summed E-state index contributed by atoms with van der Waals surface area (Å²) in [5.41, 5.74) is 2.57. The second-order valence-electron chi connectivity index (χ2n) is 4.14. The molecule has 16 heavy (non-hydrogen) atoms. The normalized spacial score (nSPS) is 10.3. The first-order chi connectivity index (χ1) is 7.88. The van der Waals surface area contributed by atoms with Crippen LogP contribution in [0, 0.1) is 0 Å². The summed E-state index contributed by atoms with van der Waals surface area (Å²) in [6.07, 6.45) is 12.0. The highest BCUT2D eigenvalue weighted by atomic mass is 15.1. The van der Waals surface area contributed by atoms with Gasteiger partial charge in [-0.05, 0) is 43.7 Å². The molecule has 0 fully saturated rings. The maximum atomic E-state index is 4.24. The van der Waals surface area contributed by atoms with Gasteiger partial charge in [0.15, 0.2) is 0 Å². The molecule has 0 spiro atoms. The molecule has 1 aromatic rings. The zero-order valence-corrected chi connectivity index (χ0v) is 10.3. The fraction of sp³-hybridized carbons (Fsp3) is 0.571. The van der Waals surface area contributed by atoms with Crippen LogP contribution in [0.2, 0.25) is 0 Å². The third-order valence-electron chi connectivity index (χ3n) is 2.73. The van der Waals surface area contributed by atoms with Gasteiger partial charge in [-0.1, -0.05) is 25.8 Å². The summed E-state index contributed by atoms with van der Waals surface area (Å²) in [4.78, 5) is 0. The van der Waals surface area contributed by atoms with Crippen molar-refractivity contribution in [3.63, 3.8) is 0 Å². The minimum Gasteiger partial charge on any atom is -0.159 e. The zero-order chi connectivity index (χ0) is 11.6. The average Bonchev–Trinajstić information content (AvgIpc) is 2.31. The van der Waals surface area contributed by atoms with Crippen LogP contribution in [-0.4, -0.2) is 10.2 Å². The van der Waals surface area contributed by atoms with Crippen molar-refractivity contribution in [3.05, 3.63) is 36.2 Å². The Morgan fingerprint density at radius 2 is 2.12 bits per heavy atom. The van der Waals surface area contributed by atoms with E-state index >= 15 is 0 Å². The van der Waals surface area contributed by atoms with E-state index in [0.29, 0.717) is 0 Å². The zero-order valence-electron chi connectivity index (χ0n) is 10.3. The van der Waals surface area contributed by atoms with E-state index in [1.807, 2.05) is 6.08 Å². The maximum Gasteiger partial charge on any atom is 0.0663 e. The molecule has 1 aromatic heterocycles. The number of aromatic nitrogens is 2. The predicted octanol–water partition coefficient (Wildman–Crippen LogP) is 3.72. The number of hydrogen-bond acceptors (Lipinski definition) is 2. The quantitative estimate of drug-likeness (QED) is 0.491. The first-order valence-corrected chi connectivity index (χ1v) is 6.28. The molecule has 0 saturated carbocycles. The number of rotatable bonds is 8. The van der Waals surface area contributed by atoms with Gasteiger partial charge in [0.25, 0.3) is 0 Å². The van der Waals surface area contributed by atoms with E-state index in [4.69, 9.17) is 0 Å². The van der Waals surface area contributed by atoms with E-state index in [9.17, 15) is 0 Å². The average molecular weight is 218 g/mol. The Morgan fingerprint density at radius 1 is 1.25 bits per heavy atom. The fourth-order valence-corrected chi connectivity index (χ4v) is 1.85. The van der Waals surface area contributed by atoms with Gasteiger partial charge in [-0.2, -0.15) is 10.2 Å². The number of hydrogen-bond donors (Lipinski definition) is 0. The lowest BCUT2D eigenvalue weighted by atomic mass is 10.0. The lowest BCUT2D eigenvalue weighted by Crippen LogP contribution is -1.99. The summed E-state index contributed by atoms with van der Waals surface area (Å²) in [6.45, 7) is 5.94. The van der Waals surface area contributed by atoms with E-state index in [2.05, 4.69) is 29.8 Å². The highest BCUT2D eigenvalue weighted by molar-refractivity contribution is 5.17. The van der Waals surface area contributed by atoms with Crippen LogP contribution in [0.3, 0.4) is 0 Å². The Bertz CT molecular complexity index is 307. The van der Waals surface area contributed by atoms with Crippen LogP contribution in [0.15, 0.2) is 24.9 Å². The maximum absolute atomic E-state index is 4.24. The Morgan fingerprint density at radius 3 is 2.88 bits per heavy atom. The third-order valence-corrected chi connectivity index (χ3v) is 2.73. The van der Waals surface area contributed by atoms with E-state index in [1.54, 1.807) is 6.20 Å². The predicted molar refractivity (Wildman–Crippen MR) is 68.4 cm³/mol. The van der Waals surface area contributed by atoms with Gasteiger partial charge in [-0.25, -0.2) is 0 Å². The molecule has 2 nitrogen and oxygen atoms in total. The van der Waals surface area contributed by atoms with Gasteiger partial charge >= 0.3 is 0 Å². The Kier molecular flexibility index (Phi) is 6.47. The van der Waals surface area contributed by atoms with Gasteiger partial charge < -0.3 is 0 Å². The molecule has 1 heterocycles. The SMILES string of the molecule is C=CCCCCCc1nnccc1CCC. The monoisotopic (exact) mass is 218 g/mol. The minimum absolute atomic E-state index is 1.07. The molecule has 0 N–H and O–H groups in total. The van der Waals surface area contributed by atoms with Crippen molar-refractivity contribution in [3.8, 4) is 0 Å². The van der Waals surface area contributed by atoms with Crippen molar-refractivity contribution < 1.29 is 0 Å². The first kappa shape index (κ1) is 12.9. The topological polar surface area (TPSA) is 25.8 Å². The molecule has 0 aromatic carbocycles. The smallest absolute Gasteiger partial charge is 0.0663 e. The van der Waals surface area contributed by atoms with Crippen LogP contribution >= 0.6 is 0 Å². The van der Waals surface area contributed by atoms with Crippen molar-refractivity contribution in [2.45, 2.75) is 51.9 Å². The third kappa shape index (κ3) is 4.56. The van der Waals surface area contributed by atoms with Gasteiger partial charge in [-0.15, -0.1) is 6.58 Å². The highest BCUT2D eigenvalue weighted by Crippen LogP contribution is 2.11. The fourth-order valence-electron chi connectivity index (χ4n) is 1.85. The molecule has 0 aliphatic rings. The number of unbranched alkanes of at least 4 members (excludes halogenated alkanes) is 3. The van der Waals surface area contributed by atoms with Crippen molar-refractivity contribution in [2.24, 2.45) is 0 Å². The number of aryl methyl sites for hydroxylation is 2. The van der Waals surface area contributed by atoms with E-state index < -0.39 is 0 Å². The second kappa shape index (κ2) is 8.03. The summed E-state index contributed by atoms with van der Waals surface area (Å²) in [5, 5.41) is 8.22. The molecular weight excluding hydrogens is 196 g/mol. The molecule has 0 amide bonds. The van der Waals surface area contributed by atoms with Gasteiger partial charge in [0.2, 0.25) is 0 Å². The lowest BCUT2D eigenvalue weighted by molar-refractivity contribution is 0.667. The number of allylic oxidation sites excluding steroid dienone is 1. The summed E-state index contributed by atoms with van der Waals surface area (Å²) < 4.78 is 0. The first-order valence-electron chi connectivity index (χ1n) is 6.28. The molecule has 0 saturated heterocycles. The molecule has 0 aliphatic carbocycles. The molecule has 0 atom stereocenters. The minimum atomic E-state index is 1.07. The van der Waals surface area contributed by atoms with Crippen molar-refractivity contribution in [1.29, 1.82) is 0 Å². The van der Waals surface area contributed by atoms with Gasteiger partial charge in [-0.3, -0.25) is 0 Å². The molecule has 0 radical (unpaired) electrons. The van der Waals surface area contributed by atoms with E-state index in [0.717, 1.165) is 19.3 Å². The van der Waals surface area contributed by atoms with E-state index in [-0.39, 0.29) is 0 Å². The molecule has 88 valence electrons. The van der Waals surface area contributed by atoms with Gasteiger partial charge in [0, 0.05) is 6.20 Å². The number of nitrogens with zero attached hydrogens (tertiary/aromatic N) is 2. The molecule has 0 aliphatic heterocycles. The standard InChI is InChI=1S/C14H22N2/c1-3-5-6-7-8-10-14-13(9-4-2)11-12-15-16-14/h3,11-12H,1,4-10H2,2H3. The van der Waals surface area contributed by atoms with Crippen molar-refractivity contribution in [1.82, 2.24) is 10.2 Å². The molecule has 0 bridgehead atoms. The summed E-state index contributed by atoms with van der Waals surface area (Å²) in [5.74, 6) is 0.